The molecule has 0 radical (unpaired) electrons. The van der Waals surface area contributed by atoms with E-state index in [1.165, 1.54) is 5.69 Å². The Morgan fingerprint density at radius 1 is 1.46 bits per heavy atom. The van der Waals surface area contributed by atoms with Gasteiger partial charge in [-0.1, -0.05) is 19.9 Å². The summed E-state index contributed by atoms with van der Waals surface area (Å²) in [6, 6.07) is 6.10. The molecule has 1 saturated carbocycles. The van der Waals surface area contributed by atoms with Crippen LogP contribution in [-0.4, -0.2) is 11.5 Å². The molecular formula is C11H16N2. The Morgan fingerprint density at radius 3 is 2.69 bits per heavy atom. The molecule has 0 bridgehead atoms. The van der Waals surface area contributed by atoms with Crippen molar-refractivity contribution in [3.63, 3.8) is 0 Å². The molecule has 1 aromatic heterocycles. The van der Waals surface area contributed by atoms with Gasteiger partial charge in [-0.25, -0.2) is 0 Å². The zero-order valence-electron chi connectivity index (χ0n) is 8.20. The minimum Gasteiger partial charge on any atom is -0.330 e. The van der Waals surface area contributed by atoms with Crippen molar-refractivity contribution >= 4 is 0 Å². The van der Waals surface area contributed by atoms with Gasteiger partial charge in [-0.05, 0) is 30.0 Å². The molecule has 1 aromatic rings. The number of nitrogens with two attached hydrogens (primary N) is 1. The van der Waals surface area contributed by atoms with Crippen LogP contribution in [0.25, 0.3) is 0 Å². The molecule has 0 spiro atoms. The van der Waals surface area contributed by atoms with Gasteiger partial charge >= 0.3 is 0 Å². The highest BCUT2D eigenvalue weighted by atomic mass is 14.8. The molecule has 2 heteroatoms. The monoisotopic (exact) mass is 176 g/mol. The van der Waals surface area contributed by atoms with Crippen LogP contribution in [0.3, 0.4) is 0 Å². The van der Waals surface area contributed by atoms with Crippen molar-refractivity contribution < 1.29 is 0 Å². The number of rotatable bonds is 2. The predicted molar refractivity (Wildman–Crippen MR) is 53.3 cm³/mol. The van der Waals surface area contributed by atoms with E-state index >= 15 is 0 Å². The zero-order chi connectivity index (χ0) is 9.47. The van der Waals surface area contributed by atoms with Crippen LogP contribution < -0.4 is 5.73 Å². The average Bonchev–Trinajstić information content (AvgIpc) is 2.69. The highest BCUT2D eigenvalue weighted by Crippen LogP contribution is 2.63. The van der Waals surface area contributed by atoms with Gasteiger partial charge in [-0.3, -0.25) is 4.98 Å². The fraction of sp³-hybridized carbons (Fsp3) is 0.545. The third-order valence-corrected chi connectivity index (χ3v) is 3.31. The van der Waals surface area contributed by atoms with Gasteiger partial charge in [0.1, 0.15) is 0 Å². The van der Waals surface area contributed by atoms with Crippen molar-refractivity contribution in [3.05, 3.63) is 30.1 Å². The summed E-state index contributed by atoms with van der Waals surface area (Å²) in [6.45, 7) is 5.31. The highest BCUT2D eigenvalue weighted by molar-refractivity contribution is 5.25. The maximum Gasteiger partial charge on any atom is 0.0443 e. The number of aromatic nitrogens is 1. The summed E-state index contributed by atoms with van der Waals surface area (Å²) in [6.07, 6.45) is 1.86. The van der Waals surface area contributed by atoms with Crippen molar-refractivity contribution in [1.29, 1.82) is 0 Å². The summed E-state index contributed by atoms with van der Waals surface area (Å²) in [7, 11) is 0. The Balaban J connectivity index is 2.22. The Labute approximate surface area is 79.2 Å². The summed E-state index contributed by atoms with van der Waals surface area (Å²) in [5.41, 5.74) is 7.26. The van der Waals surface area contributed by atoms with Crippen molar-refractivity contribution in [2.24, 2.45) is 17.1 Å². The topological polar surface area (TPSA) is 38.9 Å². The van der Waals surface area contributed by atoms with E-state index in [2.05, 4.69) is 24.9 Å². The first-order chi connectivity index (χ1) is 6.18. The average molecular weight is 176 g/mol. The summed E-state index contributed by atoms with van der Waals surface area (Å²) >= 11 is 0. The zero-order valence-corrected chi connectivity index (χ0v) is 8.20. The molecule has 2 atom stereocenters. The molecular weight excluding hydrogens is 160 g/mol. The van der Waals surface area contributed by atoms with E-state index in [0.717, 1.165) is 6.54 Å². The molecule has 2 N–H and O–H groups in total. The van der Waals surface area contributed by atoms with E-state index in [1.807, 2.05) is 18.3 Å². The minimum absolute atomic E-state index is 0.350. The normalized spacial score (nSPS) is 30.1. The van der Waals surface area contributed by atoms with Gasteiger partial charge in [0.25, 0.3) is 0 Å². The van der Waals surface area contributed by atoms with Crippen molar-refractivity contribution in [2.75, 3.05) is 6.54 Å². The molecule has 1 heterocycles. The Hall–Kier alpha value is -0.890. The molecule has 2 unspecified atom stereocenters. The molecule has 0 saturated heterocycles. The maximum absolute atomic E-state index is 5.71. The van der Waals surface area contributed by atoms with E-state index in [-0.39, 0.29) is 0 Å². The Morgan fingerprint density at radius 2 is 2.23 bits per heavy atom. The molecule has 0 aliphatic heterocycles. The SMILES string of the molecule is CC1(C)C(CN)C1c1ccccn1. The van der Waals surface area contributed by atoms with E-state index in [0.29, 0.717) is 17.3 Å². The third-order valence-electron chi connectivity index (χ3n) is 3.31. The number of hydrogen-bond donors (Lipinski definition) is 1. The third kappa shape index (κ3) is 1.25. The molecule has 0 aromatic carbocycles. The lowest BCUT2D eigenvalue weighted by Crippen LogP contribution is -2.05. The van der Waals surface area contributed by atoms with Gasteiger partial charge in [0.15, 0.2) is 0 Å². The van der Waals surface area contributed by atoms with Crippen molar-refractivity contribution in [3.8, 4) is 0 Å². The van der Waals surface area contributed by atoms with Crippen molar-refractivity contribution in [2.45, 2.75) is 19.8 Å². The Bertz CT molecular complexity index is 292. The van der Waals surface area contributed by atoms with Crippen LogP contribution in [0.2, 0.25) is 0 Å². The summed E-state index contributed by atoms with van der Waals surface area (Å²) < 4.78 is 0. The largest absolute Gasteiger partial charge is 0.330 e. The second-order valence-corrected chi connectivity index (χ2v) is 4.40. The van der Waals surface area contributed by atoms with Crippen LogP contribution in [0, 0.1) is 11.3 Å². The number of hydrogen-bond acceptors (Lipinski definition) is 2. The fourth-order valence-electron chi connectivity index (χ4n) is 2.33. The Kier molecular flexibility index (Phi) is 1.88. The van der Waals surface area contributed by atoms with E-state index in [1.54, 1.807) is 0 Å². The van der Waals surface area contributed by atoms with E-state index < -0.39 is 0 Å². The van der Waals surface area contributed by atoms with Crippen LogP contribution in [0.4, 0.5) is 0 Å². The van der Waals surface area contributed by atoms with Gasteiger partial charge in [0.05, 0.1) is 0 Å². The highest BCUT2D eigenvalue weighted by Gasteiger charge is 2.57. The second kappa shape index (κ2) is 2.81. The maximum atomic E-state index is 5.71. The second-order valence-electron chi connectivity index (χ2n) is 4.40. The minimum atomic E-state index is 0.350. The number of nitrogens with zero attached hydrogens (tertiary/aromatic N) is 1. The van der Waals surface area contributed by atoms with Crippen LogP contribution >= 0.6 is 0 Å². The molecule has 70 valence electrons. The molecule has 1 fully saturated rings. The quantitative estimate of drug-likeness (QED) is 0.746. The fourth-order valence-corrected chi connectivity index (χ4v) is 2.33. The van der Waals surface area contributed by atoms with Crippen LogP contribution in [0.5, 0.6) is 0 Å². The van der Waals surface area contributed by atoms with E-state index in [4.69, 9.17) is 5.73 Å². The lowest BCUT2D eigenvalue weighted by atomic mass is 10.1. The van der Waals surface area contributed by atoms with Gasteiger partial charge in [-0.2, -0.15) is 0 Å². The van der Waals surface area contributed by atoms with Crippen LogP contribution in [0.1, 0.15) is 25.5 Å². The molecule has 2 nitrogen and oxygen atoms in total. The predicted octanol–water partition coefficient (Wildman–Crippen LogP) is 1.78. The lowest BCUT2D eigenvalue weighted by molar-refractivity contribution is 0.557. The summed E-state index contributed by atoms with van der Waals surface area (Å²) in [5, 5.41) is 0. The molecule has 13 heavy (non-hydrogen) atoms. The molecule has 0 amide bonds. The van der Waals surface area contributed by atoms with E-state index in [9.17, 15) is 0 Å². The van der Waals surface area contributed by atoms with Crippen molar-refractivity contribution in [1.82, 2.24) is 4.98 Å². The first kappa shape index (κ1) is 8.70. The smallest absolute Gasteiger partial charge is 0.0443 e. The van der Waals surface area contributed by atoms with Crippen LogP contribution in [0.15, 0.2) is 24.4 Å². The van der Waals surface area contributed by atoms with Gasteiger partial charge in [-0.15, -0.1) is 0 Å². The summed E-state index contributed by atoms with van der Waals surface area (Å²) in [5.74, 6) is 1.18. The molecule has 2 rings (SSSR count). The van der Waals surface area contributed by atoms with Gasteiger partial charge in [0.2, 0.25) is 0 Å². The lowest BCUT2D eigenvalue weighted by Gasteiger charge is -2.00. The number of pyridine rings is 1. The molecule has 1 aliphatic carbocycles. The van der Waals surface area contributed by atoms with Crippen LogP contribution in [-0.2, 0) is 0 Å². The first-order valence-corrected chi connectivity index (χ1v) is 4.79. The van der Waals surface area contributed by atoms with Gasteiger partial charge in [0, 0.05) is 17.8 Å². The standard InChI is InChI=1S/C11H16N2/c1-11(2)8(7-12)10(11)9-5-3-4-6-13-9/h3-6,8,10H,7,12H2,1-2H3. The molecule has 1 aliphatic rings. The van der Waals surface area contributed by atoms with Gasteiger partial charge < -0.3 is 5.73 Å². The summed E-state index contributed by atoms with van der Waals surface area (Å²) in [4.78, 5) is 4.38. The first-order valence-electron chi connectivity index (χ1n) is 4.79.